The van der Waals surface area contributed by atoms with Crippen LogP contribution in [0.15, 0.2) is 30.5 Å². The normalized spacial score (nSPS) is 12.4. The highest BCUT2D eigenvalue weighted by atomic mass is 31.2. The van der Waals surface area contributed by atoms with Gasteiger partial charge in [-0.2, -0.15) is 0 Å². The summed E-state index contributed by atoms with van der Waals surface area (Å²) in [5.41, 5.74) is 8.60. The quantitative estimate of drug-likeness (QED) is 0.459. The van der Waals surface area contributed by atoms with E-state index in [0.29, 0.717) is 22.3 Å². The van der Waals surface area contributed by atoms with E-state index in [4.69, 9.17) is 11.1 Å². The summed E-state index contributed by atoms with van der Waals surface area (Å²) >= 11 is 0. The molecule has 4 N–H and O–H groups in total. The number of allylic oxidation sites excluding steroid dienone is 1. The van der Waals surface area contributed by atoms with E-state index < -0.39 is 7.14 Å². The van der Waals surface area contributed by atoms with Crippen LogP contribution in [0.3, 0.4) is 0 Å². The lowest BCUT2D eigenvalue weighted by molar-refractivity contribution is 0.588. The van der Waals surface area contributed by atoms with Crippen LogP contribution >= 0.6 is 7.14 Å². The van der Waals surface area contributed by atoms with Crippen molar-refractivity contribution in [2.75, 3.05) is 26.1 Å². The average molecular weight is 302 g/mol. The summed E-state index contributed by atoms with van der Waals surface area (Å²) in [6.45, 7) is 3.41. The first-order valence-corrected chi connectivity index (χ1v) is 9.11. The lowest BCUT2D eigenvalue weighted by Gasteiger charge is -2.14. The van der Waals surface area contributed by atoms with Crippen LogP contribution < -0.4 is 16.4 Å². The van der Waals surface area contributed by atoms with E-state index in [9.17, 15) is 4.57 Å². The molecule has 0 aliphatic heterocycles. The number of nitrogens with two attached hydrogens (primary N) is 1. The summed E-state index contributed by atoms with van der Waals surface area (Å²) in [7, 11) is -0.725. The van der Waals surface area contributed by atoms with E-state index in [-0.39, 0.29) is 0 Å². The maximum absolute atomic E-state index is 12.5. The van der Waals surface area contributed by atoms with Crippen LogP contribution in [0, 0.1) is 5.41 Å². The molecular weight excluding hydrogens is 283 g/mol. The van der Waals surface area contributed by atoms with Crippen LogP contribution in [0.4, 0.5) is 5.69 Å². The standard InChI is InChI=1S/C15H19N4OP/c1-18-9-10(8-16)13-6-4-11-14(19-13)7-5-12(17)15(11)21(2,3)20/h4-9,16,18H,17H2,1-3H3/b10-9+,16-8?. The highest BCUT2D eigenvalue weighted by molar-refractivity contribution is 7.71. The van der Waals surface area contributed by atoms with Crippen LogP contribution in [-0.4, -0.2) is 31.6 Å². The van der Waals surface area contributed by atoms with Gasteiger partial charge in [-0.15, -0.1) is 0 Å². The van der Waals surface area contributed by atoms with Gasteiger partial charge in [0.2, 0.25) is 0 Å². The number of nitrogens with zero attached hydrogens (tertiary/aromatic N) is 1. The monoisotopic (exact) mass is 302 g/mol. The van der Waals surface area contributed by atoms with Crippen molar-refractivity contribution in [3.63, 3.8) is 0 Å². The van der Waals surface area contributed by atoms with Crippen LogP contribution in [0.25, 0.3) is 16.5 Å². The van der Waals surface area contributed by atoms with E-state index in [1.807, 2.05) is 18.2 Å². The number of benzene rings is 1. The second-order valence-electron chi connectivity index (χ2n) is 5.15. The first-order valence-electron chi connectivity index (χ1n) is 6.51. The molecule has 0 saturated heterocycles. The molecule has 0 spiro atoms. The summed E-state index contributed by atoms with van der Waals surface area (Å²) in [4.78, 5) is 4.54. The molecule has 5 nitrogen and oxygen atoms in total. The van der Waals surface area contributed by atoms with Gasteiger partial charge in [-0.1, -0.05) is 0 Å². The Bertz CT molecular complexity index is 777. The SMILES string of the molecule is CN/C=C(\C=N)c1ccc2c(P(C)(C)=O)c(N)ccc2n1. The van der Waals surface area contributed by atoms with Crippen molar-refractivity contribution in [1.82, 2.24) is 10.3 Å². The summed E-state index contributed by atoms with van der Waals surface area (Å²) in [6.07, 6.45) is 2.96. The Morgan fingerprint density at radius 3 is 2.62 bits per heavy atom. The zero-order valence-electron chi connectivity index (χ0n) is 12.3. The number of hydrogen-bond acceptors (Lipinski definition) is 5. The number of hydrogen-bond donors (Lipinski definition) is 3. The van der Waals surface area contributed by atoms with E-state index >= 15 is 0 Å². The number of anilines is 1. The van der Waals surface area contributed by atoms with Gasteiger partial charge in [0.05, 0.1) is 11.2 Å². The third-order valence-electron chi connectivity index (χ3n) is 3.16. The lowest BCUT2D eigenvalue weighted by Crippen LogP contribution is -2.12. The van der Waals surface area contributed by atoms with Gasteiger partial charge in [-0.25, -0.2) is 4.98 Å². The number of nitrogens with one attached hydrogen (secondary N) is 2. The molecule has 0 fully saturated rings. The smallest absolute Gasteiger partial charge is 0.112 e. The molecule has 0 aliphatic rings. The van der Waals surface area contributed by atoms with Crippen molar-refractivity contribution < 1.29 is 4.57 Å². The van der Waals surface area contributed by atoms with E-state index in [1.54, 1.807) is 32.6 Å². The Hall–Kier alpha value is -2.13. The number of nitrogen functional groups attached to an aromatic ring is 1. The van der Waals surface area contributed by atoms with Crippen molar-refractivity contribution in [3.8, 4) is 0 Å². The summed E-state index contributed by atoms with van der Waals surface area (Å²) in [6, 6.07) is 7.24. The molecule has 110 valence electrons. The fourth-order valence-corrected chi connectivity index (χ4v) is 3.78. The van der Waals surface area contributed by atoms with E-state index in [0.717, 1.165) is 10.9 Å². The minimum Gasteiger partial charge on any atom is -0.398 e. The average Bonchev–Trinajstić information content (AvgIpc) is 2.42. The highest BCUT2D eigenvalue weighted by Gasteiger charge is 2.19. The molecular formula is C15H19N4OP. The molecule has 0 unspecified atom stereocenters. The zero-order valence-corrected chi connectivity index (χ0v) is 13.2. The van der Waals surface area contributed by atoms with Crippen molar-refractivity contribution in [2.24, 2.45) is 0 Å². The molecule has 6 heteroatoms. The Kier molecular flexibility index (Phi) is 4.14. The third kappa shape index (κ3) is 2.98. The maximum atomic E-state index is 12.5. The van der Waals surface area contributed by atoms with Gasteiger partial charge in [-0.05, 0) is 37.6 Å². The van der Waals surface area contributed by atoms with Gasteiger partial charge in [0.25, 0.3) is 0 Å². The fraction of sp³-hybridized carbons (Fsp3) is 0.200. The van der Waals surface area contributed by atoms with Gasteiger partial charge in [0.15, 0.2) is 0 Å². The predicted molar refractivity (Wildman–Crippen MR) is 91.1 cm³/mol. The lowest BCUT2D eigenvalue weighted by atomic mass is 10.1. The van der Waals surface area contributed by atoms with E-state index in [2.05, 4.69) is 10.3 Å². The third-order valence-corrected chi connectivity index (χ3v) is 4.74. The molecule has 0 bridgehead atoms. The summed E-state index contributed by atoms with van der Waals surface area (Å²) < 4.78 is 12.5. The molecule has 1 heterocycles. The number of pyridine rings is 1. The van der Waals surface area contributed by atoms with Crippen molar-refractivity contribution in [3.05, 3.63) is 36.2 Å². The molecule has 1 aromatic heterocycles. The summed E-state index contributed by atoms with van der Waals surface area (Å²) in [5, 5.41) is 11.8. The van der Waals surface area contributed by atoms with Crippen LogP contribution in [0.1, 0.15) is 5.69 Å². The zero-order chi connectivity index (χ0) is 15.6. The van der Waals surface area contributed by atoms with Crippen molar-refractivity contribution >= 4 is 40.8 Å². The molecule has 0 saturated carbocycles. The van der Waals surface area contributed by atoms with Gasteiger partial charge in [-0.3, -0.25) is 0 Å². The number of fused-ring (bicyclic) bond motifs is 1. The minimum atomic E-state index is -2.50. The van der Waals surface area contributed by atoms with Gasteiger partial charge < -0.3 is 21.0 Å². The largest absolute Gasteiger partial charge is 0.398 e. The maximum Gasteiger partial charge on any atom is 0.112 e. The Labute approximate surface area is 124 Å². The first-order chi connectivity index (χ1) is 9.88. The Balaban J connectivity index is 2.73. The van der Waals surface area contributed by atoms with Gasteiger partial charge in [0.1, 0.15) is 7.14 Å². The Morgan fingerprint density at radius 2 is 2.05 bits per heavy atom. The van der Waals surface area contributed by atoms with Gasteiger partial charge >= 0.3 is 0 Å². The van der Waals surface area contributed by atoms with Crippen LogP contribution in [-0.2, 0) is 4.57 Å². The molecule has 21 heavy (non-hydrogen) atoms. The highest BCUT2D eigenvalue weighted by Crippen LogP contribution is 2.40. The number of aromatic nitrogens is 1. The molecule has 2 aromatic rings. The molecule has 2 rings (SSSR count). The topological polar surface area (TPSA) is 91.9 Å². The summed E-state index contributed by atoms with van der Waals surface area (Å²) in [5.74, 6) is 0. The second-order valence-corrected chi connectivity index (χ2v) is 8.30. The molecule has 1 aromatic carbocycles. The fourth-order valence-electron chi connectivity index (χ4n) is 2.31. The van der Waals surface area contributed by atoms with Gasteiger partial charge in [0, 0.05) is 41.4 Å². The van der Waals surface area contributed by atoms with Crippen LogP contribution in [0.5, 0.6) is 0 Å². The first kappa shape index (κ1) is 15.3. The minimum absolute atomic E-state index is 0.531. The predicted octanol–water partition coefficient (Wildman–Crippen LogP) is 2.27. The molecule has 0 aliphatic carbocycles. The van der Waals surface area contributed by atoms with Crippen molar-refractivity contribution in [2.45, 2.75) is 0 Å². The van der Waals surface area contributed by atoms with Crippen molar-refractivity contribution in [1.29, 1.82) is 5.41 Å². The molecule has 0 atom stereocenters. The number of rotatable bonds is 4. The molecule has 0 radical (unpaired) electrons. The second kappa shape index (κ2) is 5.70. The Morgan fingerprint density at radius 1 is 1.33 bits per heavy atom. The van der Waals surface area contributed by atoms with E-state index in [1.165, 1.54) is 6.21 Å². The van der Waals surface area contributed by atoms with Crippen LogP contribution in [0.2, 0.25) is 0 Å². The molecule has 0 amide bonds.